The van der Waals surface area contributed by atoms with Crippen LogP contribution in [0.4, 0.5) is 0 Å². The number of ether oxygens (including phenoxy) is 8. The molecule has 2 aliphatic heterocycles. The monoisotopic (exact) mass is 740 g/mol. The van der Waals surface area contributed by atoms with E-state index in [1.165, 1.54) is 47.0 Å². The molecular weight excluding hydrogens is 701 g/mol. The fourth-order valence-electron chi connectivity index (χ4n) is 3.90. The van der Waals surface area contributed by atoms with Gasteiger partial charge in [0, 0.05) is 19.8 Å². The van der Waals surface area contributed by atoms with Crippen LogP contribution in [0.1, 0.15) is 40.5 Å². The molecule has 0 aromatic heterocycles. The lowest BCUT2D eigenvalue weighted by Crippen LogP contribution is -2.13. The molecule has 262 valence electrons. The van der Waals surface area contributed by atoms with Gasteiger partial charge in [0.1, 0.15) is 37.4 Å². The maximum Gasteiger partial charge on any atom is 0.350 e. The second-order valence-corrected chi connectivity index (χ2v) is 14.1. The Morgan fingerprint density at radius 1 is 0.625 bits per heavy atom. The molecule has 0 aliphatic carbocycles. The topological polar surface area (TPSA) is 136 Å². The zero-order valence-corrected chi connectivity index (χ0v) is 30.8. The van der Waals surface area contributed by atoms with Crippen LogP contribution in [0.3, 0.4) is 0 Å². The molecule has 16 heteroatoms. The SMILES string of the molecule is [C-]#[N+]/C(C(=O)OCCOCCOCC)=C1\Sc2c(OCCC)c3c(c(OCCOCC)c2S1)S/C(=C(\C#N)C(=O)OCCOCCC)S3. The normalized spacial score (nSPS) is 15.2. The minimum absolute atomic E-state index is 0.0116. The average molecular weight is 741 g/mol. The van der Waals surface area contributed by atoms with E-state index in [-0.39, 0.29) is 44.3 Å². The van der Waals surface area contributed by atoms with Crippen molar-refractivity contribution in [3.63, 3.8) is 0 Å². The van der Waals surface area contributed by atoms with Crippen molar-refractivity contribution in [3.8, 4) is 17.6 Å². The van der Waals surface area contributed by atoms with Gasteiger partial charge in [-0.1, -0.05) is 60.9 Å². The van der Waals surface area contributed by atoms with Crippen LogP contribution in [-0.4, -0.2) is 91.2 Å². The largest absolute Gasteiger partial charge is 0.491 e. The maximum atomic E-state index is 13.0. The molecule has 1 aromatic rings. The summed E-state index contributed by atoms with van der Waals surface area (Å²) < 4.78 is 45.6. The van der Waals surface area contributed by atoms with Crippen molar-refractivity contribution < 1.29 is 47.5 Å². The summed E-state index contributed by atoms with van der Waals surface area (Å²) in [7, 11) is 0. The van der Waals surface area contributed by atoms with Crippen molar-refractivity contribution in [2.75, 3.05) is 79.3 Å². The van der Waals surface area contributed by atoms with E-state index in [1.807, 2.05) is 33.8 Å². The highest BCUT2D eigenvalue weighted by atomic mass is 32.2. The van der Waals surface area contributed by atoms with E-state index >= 15 is 0 Å². The summed E-state index contributed by atoms with van der Waals surface area (Å²) in [6.07, 6.45) is 1.57. The van der Waals surface area contributed by atoms with E-state index < -0.39 is 11.9 Å². The first-order valence-corrected chi connectivity index (χ1v) is 18.8. The van der Waals surface area contributed by atoms with E-state index in [2.05, 4.69) is 4.85 Å². The maximum absolute atomic E-state index is 13.0. The van der Waals surface area contributed by atoms with Crippen LogP contribution < -0.4 is 9.47 Å². The molecule has 0 unspecified atom stereocenters. The Morgan fingerprint density at radius 2 is 1.08 bits per heavy atom. The summed E-state index contributed by atoms with van der Waals surface area (Å²) in [4.78, 5) is 32.1. The van der Waals surface area contributed by atoms with Crippen LogP contribution in [0.5, 0.6) is 11.5 Å². The third kappa shape index (κ3) is 11.2. The molecule has 0 saturated heterocycles. The third-order valence-electron chi connectivity index (χ3n) is 6.01. The number of nitrogens with zero attached hydrogens (tertiary/aromatic N) is 2. The molecule has 3 rings (SSSR count). The Bertz CT molecular complexity index is 1420. The first kappa shape index (κ1) is 39.9. The Kier molecular flexibility index (Phi) is 18.5. The highest BCUT2D eigenvalue weighted by Gasteiger charge is 2.40. The number of esters is 2. The van der Waals surface area contributed by atoms with Gasteiger partial charge in [-0.3, -0.25) is 4.79 Å². The molecule has 0 bridgehead atoms. The van der Waals surface area contributed by atoms with Crippen LogP contribution in [0.15, 0.2) is 39.3 Å². The summed E-state index contributed by atoms with van der Waals surface area (Å²) in [6.45, 7) is 19.4. The molecule has 0 N–H and O–H groups in total. The van der Waals surface area contributed by atoms with Gasteiger partial charge in [-0.25, -0.2) is 9.64 Å². The van der Waals surface area contributed by atoms with E-state index in [1.54, 1.807) is 0 Å². The second-order valence-electron chi connectivity index (χ2n) is 9.49. The van der Waals surface area contributed by atoms with Gasteiger partial charge in [0.25, 0.3) is 5.70 Å². The van der Waals surface area contributed by atoms with Gasteiger partial charge in [-0.2, -0.15) is 5.26 Å². The lowest BCUT2D eigenvalue weighted by Gasteiger charge is -2.18. The highest BCUT2D eigenvalue weighted by molar-refractivity contribution is 8.26. The fourth-order valence-corrected chi connectivity index (χ4v) is 9.27. The summed E-state index contributed by atoms with van der Waals surface area (Å²) in [5.74, 6) is -0.480. The molecule has 0 spiro atoms. The van der Waals surface area contributed by atoms with Crippen LogP contribution in [0.2, 0.25) is 0 Å². The second kappa shape index (κ2) is 22.2. The van der Waals surface area contributed by atoms with Gasteiger partial charge in [0.2, 0.25) is 0 Å². The van der Waals surface area contributed by atoms with E-state index in [9.17, 15) is 14.9 Å². The van der Waals surface area contributed by atoms with Gasteiger partial charge in [0.05, 0.1) is 74.3 Å². The van der Waals surface area contributed by atoms with Crippen LogP contribution in [-0.2, 0) is 38.0 Å². The molecule has 0 fully saturated rings. The molecule has 12 nitrogen and oxygen atoms in total. The third-order valence-corrected chi connectivity index (χ3v) is 11.2. The van der Waals surface area contributed by atoms with Crippen LogP contribution in [0, 0.1) is 17.9 Å². The molecule has 1 aromatic carbocycles. The molecule has 48 heavy (non-hydrogen) atoms. The number of hydrogen-bond acceptors (Lipinski definition) is 15. The van der Waals surface area contributed by atoms with Crippen molar-refractivity contribution in [1.82, 2.24) is 0 Å². The average Bonchev–Trinajstić information content (AvgIpc) is 3.71. The van der Waals surface area contributed by atoms with Crippen molar-refractivity contribution >= 4 is 59.0 Å². The predicted octanol–water partition coefficient (Wildman–Crippen LogP) is 6.68. The zero-order chi connectivity index (χ0) is 34.7. The number of benzene rings is 1. The minimum Gasteiger partial charge on any atom is -0.491 e. The van der Waals surface area contributed by atoms with Gasteiger partial charge in [-0.05, 0) is 26.7 Å². The molecule has 2 heterocycles. The summed E-state index contributed by atoms with van der Waals surface area (Å²) in [5, 5.41) is 9.98. The highest BCUT2D eigenvalue weighted by Crippen LogP contribution is 2.68. The Labute approximate surface area is 298 Å². The Morgan fingerprint density at radius 3 is 1.60 bits per heavy atom. The summed E-state index contributed by atoms with van der Waals surface area (Å²) >= 11 is 4.89. The first-order chi connectivity index (χ1) is 23.4. The fraction of sp³-hybridized carbons (Fsp3) is 0.562. The molecule has 2 aliphatic rings. The lowest BCUT2D eigenvalue weighted by atomic mass is 10.3. The van der Waals surface area contributed by atoms with Crippen LogP contribution >= 0.6 is 47.0 Å². The van der Waals surface area contributed by atoms with Crippen molar-refractivity contribution in [3.05, 3.63) is 31.2 Å². The Hall–Kier alpha value is -2.54. The lowest BCUT2D eigenvalue weighted by molar-refractivity contribution is -0.141. The van der Waals surface area contributed by atoms with Crippen molar-refractivity contribution in [1.29, 1.82) is 5.26 Å². The molecule has 0 saturated carbocycles. The standard InChI is InChI=1S/C32H40N2O10S4/c1-6-10-39-15-18-43-29(35)21(20-33)31-45-25-23(41-11-7-2)27-28(24(26(25)46-31)42-17-14-38-9-4)48-32(47-27)22(34-5)30(36)44-19-16-40-13-12-37-8-3/h6-19H2,1-4H3/b31-21+,32-22+. The molecule has 0 radical (unpaired) electrons. The van der Waals surface area contributed by atoms with Crippen LogP contribution in [0.25, 0.3) is 4.85 Å². The van der Waals surface area contributed by atoms with E-state index in [4.69, 9.17) is 44.5 Å². The number of carbonyl (C=O) groups excluding carboxylic acids is 2. The zero-order valence-electron chi connectivity index (χ0n) is 27.5. The molecular formula is C32H40N2O10S4. The quantitative estimate of drug-likeness (QED) is 0.0411. The predicted molar refractivity (Wildman–Crippen MR) is 184 cm³/mol. The molecule has 0 atom stereocenters. The summed E-state index contributed by atoms with van der Waals surface area (Å²) in [5.41, 5.74) is -0.282. The number of fused-ring (bicyclic) bond motifs is 2. The minimum atomic E-state index is -0.755. The Balaban J connectivity index is 1.95. The van der Waals surface area contributed by atoms with Crippen molar-refractivity contribution in [2.45, 2.75) is 60.1 Å². The number of nitriles is 1. The first-order valence-electron chi connectivity index (χ1n) is 15.6. The van der Waals surface area contributed by atoms with Gasteiger partial charge in [0.15, 0.2) is 5.57 Å². The van der Waals surface area contributed by atoms with Gasteiger partial charge in [-0.15, -0.1) is 0 Å². The summed E-state index contributed by atoms with van der Waals surface area (Å²) in [6, 6.07) is 2.01. The van der Waals surface area contributed by atoms with E-state index in [0.717, 1.165) is 12.8 Å². The van der Waals surface area contributed by atoms with Gasteiger partial charge < -0.3 is 37.9 Å². The van der Waals surface area contributed by atoms with Crippen molar-refractivity contribution in [2.24, 2.45) is 0 Å². The number of rotatable bonds is 22. The number of hydrogen-bond donors (Lipinski definition) is 0. The van der Waals surface area contributed by atoms with Gasteiger partial charge >= 0.3 is 11.9 Å². The number of thioether (sulfide) groups is 4. The van der Waals surface area contributed by atoms with E-state index in [0.29, 0.717) is 85.8 Å². The smallest absolute Gasteiger partial charge is 0.350 e. The molecule has 0 amide bonds. The number of carbonyl (C=O) groups is 2.